The van der Waals surface area contributed by atoms with Crippen LogP contribution < -0.4 is 5.32 Å². The number of likely N-dealkylation sites (N-methyl/N-ethyl adjacent to an activating group) is 1. The van der Waals surface area contributed by atoms with E-state index in [4.69, 9.17) is 0 Å². The summed E-state index contributed by atoms with van der Waals surface area (Å²) in [7, 11) is 1.95. The van der Waals surface area contributed by atoms with Crippen LogP contribution in [0.5, 0.6) is 0 Å². The van der Waals surface area contributed by atoms with E-state index in [2.05, 4.69) is 23.7 Å². The molecule has 0 fully saturated rings. The highest BCUT2D eigenvalue weighted by Crippen LogP contribution is 2.31. The lowest BCUT2D eigenvalue weighted by Gasteiger charge is -2.07. The smallest absolute Gasteiger partial charge is 0.131 e. The summed E-state index contributed by atoms with van der Waals surface area (Å²) < 4.78 is 13.6. The summed E-state index contributed by atoms with van der Waals surface area (Å²) in [6, 6.07) is 9.01. The number of thiophene rings is 1. The fraction of sp³-hybridized carbons (Fsp3) is 0.286. The molecule has 1 atom stereocenters. The second kappa shape index (κ2) is 5.43. The minimum absolute atomic E-state index is 0.151. The predicted molar refractivity (Wildman–Crippen MR) is 72.1 cm³/mol. The van der Waals surface area contributed by atoms with Crippen molar-refractivity contribution in [1.29, 1.82) is 0 Å². The molecule has 1 N–H and O–H groups in total. The molecule has 2 rings (SSSR count). The van der Waals surface area contributed by atoms with Crippen molar-refractivity contribution in [2.75, 3.05) is 13.6 Å². The van der Waals surface area contributed by atoms with Gasteiger partial charge in [-0.15, -0.1) is 11.3 Å². The van der Waals surface area contributed by atoms with E-state index in [1.165, 1.54) is 11.6 Å². The summed E-state index contributed by atoms with van der Waals surface area (Å²) in [4.78, 5) is 1.00. The summed E-state index contributed by atoms with van der Waals surface area (Å²) >= 11 is 1.60. The molecule has 0 aliphatic rings. The quantitative estimate of drug-likeness (QED) is 0.867. The Bertz CT molecular complexity index is 492. The molecule has 90 valence electrons. The van der Waals surface area contributed by atoms with E-state index in [9.17, 15) is 4.39 Å². The molecule has 1 nitrogen and oxygen atoms in total. The zero-order valence-electron chi connectivity index (χ0n) is 10.0. The minimum atomic E-state index is -0.151. The van der Waals surface area contributed by atoms with Crippen molar-refractivity contribution < 1.29 is 4.39 Å². The van der Waals surface area contributed by atoms with Gasteiger partial charge in [0.05, 0.1) is 0 Å². The van der Waals surface area contributed by atoms with Crippen molar-refractivity contribution >= 4 is 11.3 Å². The first-order valence-electron chi connectivity index (χ1n) is 5.70. The highest BCUT2D eigenvalue weighted by molar-refractivity contribution is 7.13. The largest absolute Gasteiger partial charge is 0.319 e. The van der Waals surface area contributed by atoms with E-state index >= 15 is 0 Å². The summed E-state index contributed by atoms with van der Waals surface area (Å²) in [5, 5.41) is 5.27. The molecular formula is C14H16FNS. The fourth-order valence-electron chi connectivity index (χ4n) is 1.84. The van der Waals surface area contributed by atoms with Gasteiger partial charge in [0, 0.05) is 17.0 Å². The second-order valence-electron chi connectivity index (χ2n) is 4.18. The fourth-order valence-corrected chi connectivity index (χ4v) is 2.90. The predicted octanol–water partition coefficient (Wildman–Crippen LogP) is 3.88. The van der Waals surface area contributed by atoms with Gasteiger partial charge in [-0.1, -0.05) is 25.1 Å². The maximum absolute atomic E-state index is 13.6. The van der Waals surface area contributed by atoms with Crippen molar-refractivity contribution in [3.63, 3.8) is 0 Å². The Hall–Kier alpha value is -1.19. The van der Waals surface area contributed by atoms with Crippen molar-refractivity contribution in [2.24, 2.45) is 0 Å². The van der Waals surface area contributed by atoms with Gasteiger partial charge < -0.3 is 5.32 Å². The third-order valence-corrected chi connectivity index (χ3v) is 3.82. The molecule has 0 bridgehead atoms. The standard InChI is InChI=1S/C14H16FNS/c1-10(8-16-2)11-7-14(17-9-11)12-5-3-4-6-13(12)15/h3-7,9-10,16H,8H2,1-2H3. The first-order chi connectivity index (χ1) is 8.22. The zero-order valence-corrected chi connectivity index (χ0v) is 10.9. The first kappa shape index (κ1) is 12.3. The summed E-state index contributed by atoms with van der Waals surface area (Å²) in [5.74, 6) is 0.305. The van der Waals surface area contributed by atoms with E-state index < -0.39 is 0 Å². The summed E-state index contributed by atoms with van der Waals surface area (Å²) in [5.41, 5.74) is 1.96. The highest BCUT2D eigenvalue weighted by Gasteiger charge is 2.10. The van der Waals surface area contributed by atoms with Crippen LogP contribution in [-0.4, -0.2) is 13.6 Å². The first-order valence-corrected chi connectivity index (χ1v) is 6.58. The second-order valence-corrected chi connectivity index (χ2v) is 5.09. The van der Waals surface area contributed by atoms with Crippen LogP contribution >= 0.6 is 11.3 Å². The number of nitrogens with one attached hydrogen (secondary N) is 1. The Labute approximate surface area is 105 Å². The molecule has 0 saturated heterocycles. The molecule has 1 unspecified atom stereocenters. The molecule has 3 heteroatoms. The molecule has 2 aromatic rings. The normalized spacial score (nSPS) is 12.6. The molecule has 0 radical (unpaired) electrons. The molecule has 0 spiro atoms. The van der Waals surface area contributed by atoms with Crippen LogP contribution in [0, 0.1) is 5.82 Å². The Morgan fingerprint density at radius 1 is 1.35 bits per heavy atom. The average Bonchev–Trinajstić information content (AvgIpc) is 2.79. The van der Waals surface area contributed by atoms with E-state index in [-0.39, 0.29) is 5.82 Å². The molecule has 0 amide bonds. The van der Waals surface area contributed by atoms with E-state index in [1.807, 2.05) is 19.2 Å². The Balaban J connectivity index is 2.27. The van der Waals surface area contributed by atoms with Gasteiger partial charge in [0.1, 0.15) is 5.82 Å². The maximum Gasteiger partial charge on any atom is 0.131 e. The van der Waals surface area contributed by atoms with Crippen LogP contribution in [0.3, 0.4) is 0 Å². The summed E-state index contributed by atoms with van der Waals surface area (Å²) in [6.45, 7) is 3.11. The van der Waals surface area contributed by atoms with Crippen LogP contribution in [0.1, 0.15) is 18.4 Å². The molecule has 0 saturated carbocycles. The third-order valence-electron chi connectivity index (χ3n) is 2.84. The highest BCUT2D eigenvalue weighted by atomic mass is 32.1. The van der Waals surface area contributed by atoms with Gasteiger partial charge in [-0.3, -0.25) is 0 Å². The molecular weight excluding hydrogens is 233 g/mol. The van der Waals surface area contributed by atoms with Gasteiger partial charge in [0.15, 0.2) is 0 Å². The lowest BCUT2D eigenvalue weighted by molar-refractivity contribution is 0.631. The number of hydrogen-bond acceptors (Lipinski definition) is 2. The van der Waals surface area contributed by atoms with Gasteiger partial charge in [-0.05, 0) is 36.0 Å². The SMILES string of the molecule is CNCC(C)c1csc(-c2ccccc2F)c1. The topological polar surface area (TPSA) is 12.0 Å². The maximum atomic E-state index is 13.6. The average molecular weight is 249 g/mol. The van der Waals surface area contributed by atoms with Gasteiger partial charge in [0.2, 0.25) is 0 Å². The summed E-state index contributed by atoms with van der Waals surface area (Å²) in [6.07, 6.45) is 0. The van der Waals surface area contributed by atoms with Crippen molar-refractivity contribution in [3.05, 3.63) is 47.1 Å². The van der Waals surface area contributed by atoms with Crippen LogP contribution in [0.15, 0.2) is 35.7 Å². The van der Waals surface area contributed by atoms with Crippen LogP contribution in [0.25, 0.3) is 10.4 Å². The van der Waals surface area contributed by atoms with E-state index in [1.54, 1.807) is 17.4 Å². The van der Waals surface area contributed by atoms with Crippen molar-refractivity contribution in [3.8, 4) is 10.4 Å². The van der Waals surface area contributed by atoms with Gasteiger partial charge >= 0.3 is 0 Å². The molecule has 0 aliphatic heterocycles. The van der Waals surface area contributed by atoms with Crippen LogP contribution in [-0.2, 0) is 0 Å². The minimum Gasteiger partial charge on any atom is -0.319 e. The molecule has 1 aromatic carbocycles. The molecule has 17 heavy (non-hydrogen) atoms. The number of rotatable bonds is 4. The van der Waals surface area contributed by atoms with Gasteiger partial charge in [-0.25, -0.2) is 4.39 Å². The zero-order chi connectivity index (χ0) is 12.3. The van der Waals surface area contributed by atoms with Gasteiger partial charge in [-0.2, -0.15) is 0 Å². The van der Waals surface area contributed by atoms with Crippen LogP contribution in [0.2, 0.25) is 0 Å². The monoisotopic (exact) mass is 249 g/mol. The lowest BCUT2D eigenvalue weighted by Crippen LogP contribution is -2.14. The van der Waals surface area contributed by atoms with Crippen molar-refractivity contribution in [1.82, 2.24) is 5.32 Å². The van der Waals surface area contributed by atoms with E-state index in [0.717, 1.165) is 11.4 Å². The Morgan fingerprint density at radius 2 is 2.12 bits per heavy atom. The van der Waals surface area contributed by atoms with Crippen LogP contribution in [0.4, 0.5) is 4.39 Å². The number of halogens is 1. The van der Waals surface area contributed by atoms with E-state index in [0.29, 0.717) is 11.5 Å². The Morgan fingerprint density at radius 3 is 2.82 bits per heavy atom. The Kier molecular flexibility index (Phi) is 3.92. The third kappa shape index (κ3) is 2.73. The molecule has 1 aromatic heterocycles. The number of benzene rings is 1. The molecule has 1 heterocycles. The molecule has 0 aliphatic carbocycles. The number of hydrogen-bond donors (Lipinski definition) is 1. The van der Waals surface area contributed by atoms with Crippen molar-refractivity contribution in [2.45, 2.75) is 12.8 Å². The lowest BCUT2D eigenvalue weighted by atomic mass is 10.0. The van der Waals surface area contributed by atoms with Gasteiger partial charge in [0.25, 0.3) is 0 Å².